The molecule has 154 valence electrons. The molecule has 0 N–H and O–H groups in total. The molecule has 4 aliphatic rings. The molecule has 4 aliphatic carbocycles. The summed E-state index contributed by atoms with van der Waals surface area (Å²) in [6, 6.07) is 10.8. The Hall–Kier alpha value is -0.820. The molecule has 1 aromatic carbocycles. The minimum Gasteiger partial charge on any atom is -0.373 e. The second kappa shape index (κ2) is 7.15. The summed E-state index contributed by atoms with van der Waals surface area (Å²) < 4.78 is 6.59. The predicted octanol–water partition coefficient (Wildman–Crippen LogP) is 7.25. The van der Waals surface area contributed by atoms with E-state index in [4.69, 9.17) is 4.74 Å². The second-order valence-corrected chi connectivity index (χ2v) is 11.4. The van der Waals surface area contributed by atoms with E-state index in [1.807, 2.05) is 0 Å². The van der Waals surface area contributed by atoms with Gasteiger partial charge >= 0.3 is 0 Å². The van der Waals surface area contributed by atoms with Gasteiger partial charge in [0.05, 0.1) is 12.7 Å². The number of hydrogen-bond donors (Lipinski definition) is 0. The zero-order valence-electron chi connectivity index (χ0n) is 18.3. The van der Waals surface area contributed by atoms with Crippen LogP contribution in [0.5, 0.6) is 0 Å². The van der Waals surface area contributed by atoms with Crippen molar-refractivity contribution >= 4 is 0 Å². The van der Waals surface area contributed by atoms with E-state index >= 15 is 0 Å². The molecule has 0 aliphatic heterocycles. The van der Waals surface area contributed by atoms with Crippen LogP contribution in [0.25, 0.3) is 0 Å². The summed E-state index contributed by atoms with van der Waals surface area (Å²) in [7, 11) is 0. The lowest BCUT2D eigenvalue weighted by Gasteiger charge is -2.61. The van der Waals surface area contributed by atoms with Gasteiger partial charge in [-0.25, -0.2) is 0 Å². The van der Waals surface area contributed by atoms with Crippen LogP contribution in [0, 0.1) is 40.4 Å². The first kappa shape index (κ1) is 19.2. The fraction of sp³-hybridized carbons (Fsp3) is 0.778. The predicted molar refractivity (Wildman–Crippen MR) is 116 cm³/mol. The van der Waals surface area contributed by atoms with E-state index in [1.165, 1.54) is 63.4 Å². The summed E-state index contributed by atoms with van der Waals surface area (Å²) in [6.45, 7) is 8.57. The van der Waals surface area contributed by atoms with Gasteiger partial charge in [-0.3, -0.25) is 0 Å². The number of fused-ring (bicyclic) bond motifs is 5. The highest BCUT2D eigenvalue weighted by Gasteiger charge is 2.60. The van der Waals surface area contributed by atoms with Crippen LogP contribution in [-0.2, 0) is 11.3 Å². The van der Waals surface area contributed by atoms with Crippen LogP contribution >= 0.6 is 0 Å². The lowest BCUT2D eigenvalue weighted by atomic mass is 9.44. The maximum Gasteiger partial charge on any atom is 0.0720 e. The summed E-state index contributed by atoms with van der Waals surface area (Å²) in [6.07, 6.45) is 13.5. The van der Waals surface area contributed by atoms with Gasteiger partial charge in [0, 0.05) is 0 Å². The summed E-state index contributed by atoms with van der Waals surface area (Å²) >= 11 is 0. The van der Waals surface area contributed by atoms with Crippen LogP contribution in [0.15, 0.2) is 30.3 Å². The molecule has 8 atom stereocenters. The fourth-order valence-electron chi connectivity index (χ4n) is 8.47. The molecular formula is C27H40O. The first-order valence-electron chi connectivity index (χ1n) is 12.2. The van der Waals surface area contributed by atoms with Gasteiger partial charge in [-0.15, -0.1) is 0 Å². The largest absolute Gasteiger partial charge is 0.373 e. The van der Waals surface area contributed by atoms with Crippen molar-refractivity contribution < 1.29 is 4.74 Å². The third kappa shape index (κ3) is 2.99. The molecule has 0 aromatic heterocycles. The summed E-state index contributed by atoms with van der Waals surface area (Å²) in [5.41, 5.74) is 2.38. The monoisotopic (exact) mass is 380 g/mol. The Bertz CT molecular complexity index is 683. The molecule has 1 heteroatoms. The van der Waals surface area contributed by atoms with Gasteiger partial charge < -0.3 is 4.74 Å². The van der Waals surface area contributed by atoms with Gasteiger partial charge in [0.2, 0.25) is 0 Å². The lowest BCUT2D eigenvalue weighted by Crippen LogP contribution is -2.54. The topological polar surface area (TPSA) is 9.23 Å². The number of ether oxygens (including phenoxy) is 1. The number of rotatable bonds is 3. The Morgan fingerprint density at radius 1 is 0.857 bits per heavy atom. The first-order valence-corrected chi connectivity index (χ1v) is 12.2. The molecule has 28 heavy (non-hydrogen) atoms. The Kier molecular flexibility index (Phi) is 4.89. The standard InChI is InChI=1S/C27H40O/c1-19-13-15-26(2)21(17-19)9-10-22-23-11-12-25(27(23,3)16-14-24(22)26)28-18-20-7-5-4-6-8-20/h4-8,19,21-25H,9-18H2,1-3H3. The fourth-order valence-corrected chi connectivity index (χ4v) is 8.47. The highest BCUT2D eigenvalue weighted by Crippen LogP contribution is 2.66. The molecule has 4 saturated carbocycles. The maximum absolute atomic E-state index is 6.59. The first-order chi connectivity index (χ1) is 13.5. The van der Waals surface area contributed by atoms with Crippen LogP contribution < -0.4 is 0 Å². The van der Waals surface area contributed by atoms with E-state index in [1.54, 1.807) is 0 Å². The zero-order valence-corrected chi connectivity index (χ0v) is 18.3. The quantitative estimate of drug-likeness (QED) is 0.536. The van der Waals surface area contributed by atoms with Crippen molar-refractivity contribution in [3.05, 3.63) is 35.9 Å². The van der Waals surface area contributed by atoms with E-state index in [2.05, 4.69) is 51.1 Å². The maximum atomic E-state index is 6.59. The highest BCUT2D eigenvalue weighted by molar-refractivity contribution is 5.14. The Labute approximate surface area is 172 Å². The Morgan fingerprint density at radius 2 is 1.61 bits per heavy atom. The van der Waals surface area contributed by atoms with Crippen LogP contribution in [0.1, 0.15) is 84.1 Å². The van der Waals surface area contributed by atoms with Gasteiger partial charge in [0.15, 0.2) is 0 Å². The van der Waals surface area contributed by atoms with Gasteiger partial charge in [-0.05, 0) is 97.3 Å². The van der Waals surface area contributed by atoms with Crippen molar-refractivity contribution in [3.8, 4) is 0 Å². The van der Waals surface area contributed by atoms with Gasteiger partial charge in [0.1, 0.15) is 0 Å². The summed E-state index contributed by atoms with van der Waals surface area (Å²) in [5, 5.41) is 0. The van der Waals surface area contributed by atoms with Crippen LogP contribution in [0.4, 0.5) is 0 Å². The smallest absolute Gasteiger partial charge is 0.0720 e. The van der Waals surface area contributed by atoms with Gasteiger partial charge in [-0.2, -0.15) is 0 Å². The summed E-state index contributed by atoms with van der Waals surface area (Å²) in [4.78, 5) is 0. The van der Waals surface area contributed by atoms with E-state index in [0.717, 1.165) is 36.2 Å². The van der Waals surface area contributed by atoms with Crippen molar-refractivity contribution in [1.29, 1.82) is 0 Å². The molecular weight excluding hydrogens is 340 g/mol. The normalized spacial score (nSPS) is 47.8. The molecule has 1 nitrogen and oxygen atoms in total. The molecule has 4 fully saturated rings. The number of benzene rings is 1. The number of hydrogen-bond acceptors (Lipinski definition) is 1. The third-order valence-electron chi connectivity index (χ3n) is 10.1. The SMILES string of the molecule is CC1CCC2(C)C(CCC3C2CCC2(C)C(OCc4ccccc4)CCC32)C1. The minimum atomic E-state index is 0.418. The Morgan fingerprint density at radius 3 is 2.43 bits per heavy atom. The lowest BCUT2D eigenvalue weighted by molar-refractivity contribution is -0.136. The van der Waals surface area contributed by atoms with E-state index in [0.29, 0.717) is 16.9 Å². The van der Waals surface area contributed by atoms with Gasteiger partial charge in [0.25, 0.3) is 0 Å². The molecule has 0 amide bonds. The minimum absolute atomic E-state index is 0.418. The second-order valence-electron chi connectivity index (χ2n) is 11.4. The zero-order chi connectivity index (χ0) is 19.4. The van der Waals surface area contributed by atoms with Crippen molar-refractivity contribution in [2.75, 3.05) is 0 Å². The average molecular weight is 381 g/mol. The average Bonchev–Trinajstić information content (AvgIpc) is 3.04. The molecule has 1 aromatic rings. The van der Waals surface area contributed by atoms with Crippen LogP contribution in [-0.4, -0.2) is 6.10 Å². The van der Waals surface area contributed by atoms with Crippen molar-refractivity contribution in [3.63, 3.8) is 0 Å². The van der Waals surface area contributed by atoms with Crippen molar-refractivity contribution in [1.82, 2.24) is 0 Å². The molecule has 0 bridgehead atoms. The molecule has 0 radical (unpaired) electrons. The molecule has 0 spiro atoms. The summed E-state index contributed by atoms with van der Waals surface area (Å²) in [5.74, 6) is 4.84. The molecule has 0 saturated heterocycles. The Balaban J connectivity index is 1.31. The van der Waals surface area contributed by atoms with Crippen LogP contribution in [0.2, 0.25) is 0 Å². The van der Waals surface area contributed by atoms with Crippen LogP contribution in [0.3, 0.4) is 0 Å². The van der Waals surface area contributed by atoms with Crippen molar-refractivity contribution in [2.24, 2.45) is 40.4 Å². The third-order valence-corrected chi connectivity index (χ3v) is 10.1. The molecule has 0 heterocycles. The molecule has 5 rings (SSSR count). The van der Waals surface area contributed by atoms with E-state index < -0.39 is 0 Å². The van der Waals surface area contributed by atoms with E-state index in [-0.39, 0.29) is 0 Å². The van der Waals surface area contributed by atoms with Crippen molar-refractivity contribution in [2.45, 2.75) is 91.3 Å². The molecule has 8 unspecified atom stereocenters. The van der Waals surface area contributed by atoms with Gasteiger partial charge in [-0.1, -0.05) is 57.5 Å². The van der Waals surface area contributed by atoms with E-state index in [9.17, 15) is 0 Å². The highest BCUT2D eigenvalue weighted by atomic mass is 16.5.